The summed E-state index contributed by atoms with van der Waals surface area (Å²) < 4.78 is 5.14. The molecule has 2 aliphatic carbocycles. The third-order valence-electron chi connectivity index (χ3n) is 3.22. The van der Waals surface area contributed by atoms with Gasteiger partial charge in [-0.05, 0) is 25.2 Å². The number of carbonyl (C=O) groups excluding carboxylic acids is 1. The highest BCUT2D eigenvalue weighted by molar-refractivity contribution is 5.81. The van der Waals surface area contributed by atoms with E-state index in [0.29, 0.717) is 24.0 Å². The Kier molecular flexibility index (Phi) is 2.28. The number of carbonyl (C=O) groups is 1. The largest absolute Gasteiger partial charge is 0.381 e. The molecule has 1 amide bonds. The van der Waals surface area contributed by atoms with E-state index in [2.05, 4.69) is 12.2 Å². The van der Waals surface area contributed by atoms with Crippen LogP contribution < -0.4 is 5.32 Å². The van der Waals surface area contributed by atoms with Gasteiger partial charge in [-0.3, -0.25) is 4.79 Å². The van der Waals surface area contributed by atoms with Crippen molar-refractivity contribution in [3.05, 3.63) is 0 Å². The molecular formula is C10H17NO2. The van der Waals surface area contributed by atoms with Crippen LogP contribution >= 0.6 is 0 Å². The van der Waals surface area contributed by atoms with Crippen LogP contribution in [0.15, 0.2) is 0 Å². The Morgan fingerprint density at radius 1 is 1.38 bits per heavy atom. The van der Waals surface area contributed by atoms with Crippen molar-refractivity contribution in [2.24, 2.45) is 11.8 Å². The molecule has 0 aromatic heterocycles. The van der Waals surface area contributed by atoms with E-state index in [-0.39, 0.29) is 5.91 Å². The summed E-state index contributed by atoms with van der Waals surface area (Å²) in [7, 11) is 1.73. The molecule has 3 nitrogen and oxygen atoms in total. The Hall–Kier alpha value is -0.570. The molecule has 1 N–H and O–H groups in total. The molecule has 0 aromatic carbocycles. The van der Waals surface area contributed by atoms with Gasteiger partial charge in [-0.2, -0.15) is 0 Å². The molecule has 0 spiro atoms. The quantitative estimate of drug-likeness (QED) is 0.707. The fourth-order valence-corrected chi connectivity index (χ4v) is 1.87. The second kappa shape index (κ2) is 3.29. The number of nitrogens with one attached hydrogen (secondary N) is 1. The molecule has 13 heavy (non-hydrogen) atoms. The Balaban J connectivity index is 1.66. The van der Waals surface area contributed by atoms with Crippen molar-refractivity contribution in [3.8, 4) is 0 Å². The van der Waals surface area contributed by atoms with Crippen molar-refractivity contribution < 1.29 is 9.53 Å². The number of methoxy groups -OCH3 is 1. The maximum absolute atomic E-state index is 11.5. The van der Waals surface area contributed by atoms with E-state index < -0.39 is 0 Å². The molecule has 2 fully saturated rings. The van der Waals surface area contributed by atoms with Gasteiger partial charge < -0.3 is 10.1 Å². The topological polar surface area (TPSA) is 38.3 Å². The SMILES string of the molecule is COC1CC(NC(=O)C2CC2C)C1. The lowest BCUT2D eigenvalue weighted by molar-refractivity contribution is -0.124. The van der Waals surface area contributed by atoms with Gasteiger partial charge >= 0.3 is 0 Å². The van der Waals surface area contributed by atoms with Gasteiger partial charge in [0, 0.05) is 19.1 Å². The lowest BCUT2D eigenvalue weighted by atomic mass is 9.89. The minimum Gasteiger partial charge on any atom is -0.381 e. The van der Waals surface area contributed by atoms with Crippen molar-refractivity contribution in [1.82, 2.24) is 5.32 Å². The number of ether oxygens (including phenoxy) is 1. The lowest BCUT2D eigenvalue weighted by Gasteiger charge is -2.34. The van der Waals surface area contributed by atoms with Crippen molar-refractivity contribution in [2.45, 2.75) is 38.3 Å². The summed E-state index contributed by atoms with van der Waals surface area (Å²) in [4.78, 5) is 11.5. The molecule has 0 heterocycles. The first-order chi connectivity index (χ1) is 6.20. The zero-order valence-corrected chi connectivity index (χ0v) is 8.25. The van der Waals surface area contributed by atoms with Gasteiger partial charge in [0.15, 0.2) is 0 Å². The van der Waals surface area contributed by atoms with Gasteiger partial charge in [-0.25, -0.2) is 0 Å². The zero-order chi connectivity index (χ0) is 9.42. The maximum Gasteiger partial charge on any atom is 0.223 e. The first kappa shape index (κ1) is 9.00. The summed E-state index contributed by atoms with van der Waals surface area (Å²) in [5.41, 5.74) is 0. The fraction of sp³-hybridized carbons (Fsp3) is 0.900. The number of rotatable bonds is 3. The molecule has 2 saturated carbocycles. The molecular weight excluding hydrogens is 166 g/mol. The molecule has 3 heteroatoms. The molecule has 74 valence electrons. The Morgan fingerprint density at radius 3 is 2.46 bits per heavy atom. The van der Waals surface area contributed by atoms with Crippen LogP contribution in [0.4, 0.5) is 0 Å². The Bertz CT molecular complexity index is 211. The average molecular weight is 183 g/mol. The molecule has 2 atom stereocenters. The van der Waals surface area contributed by atoms with Crippen LogP contribution in [-0.4, -0.2) is 25.2 Å². The molecule has 2 unspecified atom stereocenters. The predicted octanol–water partition coefficient (Wildman–Crippen LogP) is 0.936. The third-order valence-corrected chi connectivity index (χ3v) is 3.22. The lowest BCUT2D eigenvalue weighted by Crippen LogP contribution is -2.48. The molecule has 0 saturated heterocycles. The molecule has 0 bridgehead atoms. The van der Waals surface area contributed by atoms with Crippen LogP contribution in [0.25, 0.3) is 0 Å². The molecule has 0 radical (unpaired) electrons. The molecule has 0 aromatic rings. The molecule has 2 rings (SSSR count). The van der Waals surface area contributed by atoms with E-state index in [1.165, 1.54) is 0 Å². The number of amides is 1. The van der Waals surface area contributed by atoms with Gasteiger partial charge in [0.25, 0.3) is 0 Å². The maximum atomic E-state index is 11.5. The zero-order valence-electron chi connectivity index (χ0n) is 8.25. The average Bonchev–Trinajstić information content (AvgIpc) is 2.73. The van der Waals surface area contributed by atoms with Crippen LogP contribution in [0.2, 0.25) is 0 Å². The molecule has 0 aliphatic heterocycles. The van der Waals surface area contributed by atoms with E-state index in [1.807, 2.05) is 0 Å². The second-order valence-electron chi connectivity index (χ2n) is 4.35. The minimum absolute atomic E-state index is 0.257. The molecule has 2 aliphatic rings. The summed E-state index contributed by atoms with van der Waals surface area (Å²) in [5, 5.41) is 3.05. The van der Waals surface area contributed by atoms with Crippen LogP contribution in [0.5, 0.6) is 0 Å². The number of hydrogen-bond donors (Lipinski definition) is 1. The van der Waals surface area contributed by atoms with Crippen LogP contribution in [0, 0.1) is 11.8 Å². The van der Waals surface area contributed by atoms with E-state index in [1.54, 1.807) is 7.11 Å². The van der Waals surface area contributed by atoms with Crippen LogP contribution in [0.1, 0.15) is 26.2 Å². The summed E-state index contributed by atoms with van der Waals surface area (Å²) >= 11 is 0. The van der Waals surface area contributed by atoms with Crippen molar-refractivity contribution >= 4 is 5.91 Å². The monoisotopic (exact) mass is 183 g/mol. The van der Waals surface area contributed by atoms with Crippen molar-refractivity contribution in [1.29, 1.82) is 0 Å². The predicted molar refractivity (Wildman–Crippen MR) is 49.2 cm³/mol. The van der Waals surface area contributed by atoms with Gasteiger partial charge in [0.2, 0.25) is 5.91 Å². The number of hydrogen-bond acceptors (Lipinski definition) is 2. The normalized spacial score (nSPS) is 42.3. The summed E-state index contributed by atoms with van der Waals surface area (Å²) in [6.45, 7) is 2.13. The smallest absolute Gasteiger partial charge is 0.223 e. The second-order valence-corrected chi connectivity index (χ2v) is 4.35. The minimum atomic E-state index is 0.257. The Morgan fingerprint density at radius 2 is 2.00 bits per heavy atom. The third kappa shape index (κ3) is 1.85. The van der Waals surface area contributed by atoms with Crippen LogP contribution in [0.3, 0.4) is 0 Å². The van der Waals surface area contributed by atoms with E-state index in [0.717, 1.165) is 19.3 Å². The highest BCUT2D eigenvalue weighted by Crippen LogP contribution is 2.38. The highest BCUT2D eigenvalue weighted by atomic mass is 16.5. The van der Waals surface area contributed by atoms with Gasteiger partial charge in [0.05, 0.1) is 6.10 Å². The standard InChI is InChI=1S/C10H17NO2/c1-6-3-9(6)10(12)11-7-4-8(5-7)13-2/h6-9H,3-5H2,1-2H3,(H,11,12). The summed E-state index contributed by atoms with van der Waals surface area (Å²) in [6, 6.07) is 0.380. The first-order valence-corrected chi connectivity index (χ1v) is 5.04. The fourth-order valence-electron chi connectivity index (χ4n) is 1.87. The van der Waals surface area contributed by atoms with Crippen LogP contribution in [-0.2, 0) is 9.53 Å². The summed E-state index contributed by atoms with van der Waals surface area (Å²) in [6.07, 6.45) is 3.43. The Labute approximate surface area is 78.8 Å². The van der Waals surface area contributed by atoms with Gasteiger partial charge in [-0.15, -0.1) is 0 Å². The van der Waals surface area contributed by atoms with E-state index >= 15 is 0 Å². The summed E-state index contributed by atoms with van der Waals surface area (Å²) in [5.74, 6) is 1.17. The highest BCUT2D eigenvalue weighted by Gasteiger charge is 2.41. The van der Waals surface area contributed by atoms with Gasteiger partial charge in [0.1, 0.15) is 0 Å². The van der Waals surface area contributed by atoms with Crippen molar-refractivity contribution in [2.75, 3.05) is 7.11 Å². The first-order valence-electron chi connectivity index (χ1n) is 5.04. The van der Waals surface area contributed by atoms with E-state index in [9.17, 15) is 4.79 Å². The van der Waals surface area contributed by atoms with Gasteiger partial charge in [-0.1, -0.05) is 6.92 Å². The van der Waals surface area contributed by atoms with E-state index in [4.69, 9.17) is 4.74 Å². The van der Waals surface area contributed by atoms with Crippen molar-refractivity contribution in [3.63, 3.8) is 0 Å².